The lowest BCUT2D eigenvalue weighted by atomic mass is 10.0. The van der Waals surface area contributed by atoms with Crippen LogP contribution >= 0.6 is 23.5 Å². The number of halogens is 2. The number of nitrogens with zero attached hydrogens (tertiary/aromatic N) is 1. The number of anilines is 1. The maximum atomic E-state index is 13.3. The van der Waals surface area contributed by atoms with Crippen LogP contribution in [0, 0.1) is 19.7 Å². The van der Waals surface area contributed by atoms with Gasteiger partial charge in [0.05, 0.1) is 5.02 Å². The number of aromatic nitrogens is 1. The Morgan fingerprint density at radius 2 is 1.88 bits per heavy atom. The average Bonchev–Trinajstić information content (AvgIpc) is 2.56. The van der Waals surface area contributed by atoms with Crippen LogP contribution in [0.3, 0.4) is 0 Å². The number of benzene rings is 2. The second-order valence-corrected chi connectivity index (χ2v) is 6.76. The second-order valence-electron chi connectivity index (χ2n) is 5.47. The first-order chi connectivity index (χ1) is 11.5. The minimum absolute atomic E-state index is 0.137. The zero-order valence-corrected chi connectivity index (χ0v) is 14.9. The number of hydrogen-bond donors (Lipinski definition) is 1. The Balaban J connectivity index is 1.78. The Morgan fingerprint density at radius 3 is 2.58 bits per heavy atom. The molecule has 24 heavy (non-hydrogen) atoms. The van der Waals surface area contributed by atoms with Crippen LogP contribution in [0.15, 0.2) is 59.5 Å². The van der Waals surface area contributed by atoms with Gasteiger partial charge in [-0.15, -0.1) is 0 Å². The van der Waals surface area contributed by atoms with Crippen LogP contribution in [-0.2, 0) is 0 Å². The molecule has 0 aliphatic heterocycles. The molecule has 3 aromatic rings. The fourth-order valence-electron chi connectivity index (χ4n) is 2.40. The van der Waals surface area contributed by atoms with Crippen molar-refractivity contribution in [1.82, 2.24) is 4.98 Å². The number of nitrogens with one attached hydrogen (secondary N) is 1. The highest BCUT2D eigenvalue weighted by Crippen LogP contribution is 2.30. The van der Waals surface area contributed by atoms with Gasteiger partial charge in [-0.05, 0) is 78.9 Å². The zero-order chi connectivity index (χ0) is 17.1. The van der Waals surface area contributed by atoms with Gasteiger partial charge in [-0.2, -0.15) is 0 Å². The molecule has 0 atom stereocenters. The number of hydrogen-bond acceptors (Lipinski definition) is 3. The van der Waals surface area contributed by atoms with Crippen molar-refractivity contribution in [1.29, 1.82) is 0 Å². The molecule has 5 heteroatoms. The molecule has 1 heterocycles. The fraction of sp³-hybridized carbons (Fsp3) is 0.105. The number of pyridine rings is 1. The SMILES string of the molecule is Cc1cccc(NSc2ccc(-c3ccc(F)c(Cl)c3)c(C)c2)n1. The van der Waals surface area contributed by atoms with Crippen molar-refractivity contribution in [3.63, 3.8) is 0 Å². The van der Waals surface area contributed by atoms with Gasteiger partial charge in [0.15, 0.2) is 0 Å². The van der Waals surface area contributed by atoms with Gasteiger partial charge >= 0.3 is 0 Å². The van der Waals surface area contributed by atoms with Crippen LogP contribution in [0.2, 0.25) is 5.02 Å². The molecule has 1 aromatic heterocycles. The van der Waals surface area contributed by atoms with Crippen molar-refractivity contribution in [3.8, 4) is 11.1 Å². The third-order valence-corrected chi connectivity index (χ3v) is 4.68. The van der Waals surface area contributed by atoms with E-state index in [0.717, 1.165) is 33.1 Å². The molecule has 0 saturated carbocycles. The largest absolute Gasteiger partial charge is 0.310 e. The summed E-state index contributed by atoms with van der Waals surface area (Å²) in [5, 5.41) is 0.137. The summed E-state index contributed by atoms with van der Waals surface area (Å²) in [4.78, 5) is 5.49. The second kappa shape index (κ2) is 7.24. The molecule has 122 valence electrons. The normalized spacial score (nSPS) is 10.7. The molecule has 2 nitrogen and oxygen atoms in total. The van der Waals surface area contributed by atoms with Gasteiger partial charge in [-0.1, -0.05) is 29.8 Å². The molecule has 2 aromatic carbocycles. The summed E-state index contributed by atoms with van der Waals surface area (Å²) >= 11 is 7.39. The van der Waals surface area contributed by atoms with E-state index in [-0.39, 0.29) is 5.02 Å². The molecule has 0 aliphatic rings. The van der Waals surface area contributed by atoms with E-state index in [1.54, 1.807) is 12.1 Å². The van der Waals surface area contributed by atoms with Crippen LogP contribution in [-0.4, -0.2) is 4.98 Å². The third-order valence-electron chi connectivity index (χ3n) is 3.59. The summed E-state index contributed by atoms with van der Waals surface area (Å²) in [7, 11) is 0. The quantitative estimate of drug-likeness (QED) is 0.556. The van der Waals surface area contributed by atoms with Crippen LogP contribution in [0.5, 0.6) is 0 Å². The molecule has 0 fully saturated rings. The van der Waals surface area contributed by atoms with Crippen molar-refractivity contribution in [2.24, 2.45) is 0 Å². The van der Waals surface area contributed by atoms with E-state index >= 15 is 0 Å². The Hall–Kier alpha value is -2.04. The lowest BCUT2D eigenvalue weighted by Gasteiger charge is -2.10. The van der Waals surface area contributed by atoms with E-state index in [1.807, 2.05) is 44.2 Å². The predicted molar refractivity (Wildman–Crippen MR) is 100 cm³/mol. The van der Waals surface area contributed by atoms with Crippen molar-refractivity contribution in [2.45, 2.75) is 18.7 Å². The highest BCUT2D eigenvalue weighted by atomic mass is 35.5. The van der Waals surface area contributed by atoms with Crippen LogP contribution in [0.4, 0.5) is 10.2 Å². The molecule has 0 amide bonds. The Labute approximate surface area is 150 Å². The molecule has 0 radical (unpaired) electrons. The van der Waals surface area contributed by atoms with Crippen molar-refractivity contribution in [3.05, 3.63) is 76.7 Å². The summed E-state index contributed by atoms with van der Waals surface area (Å²) in [5.41, 5.74) is 4.01. The van der Waals surface area contributed by atoms with E-state index in [9.17, 15) is 4.39 Å². The summed E-state index contributed by atoms with van der Waals surface area (Å²) < 4.78 is 16.6. The Kier molecular flexibility index (Phi) is 5.07. The molecule has 0 bridgehead atoms. The highest BCUT2D eigenvalue weighted by Gasteiger charge is 2.07. The first-order valence-electron chi connectivity index (χ1n) is 7.45. The topological polar surface area (TPSA) is 24.9 Å². The highest BCUT2D eigenvalue weighted by molar-refractivity contribution is 8.00. The number of aryl methyl sites for hydroxylation is 2. The molecule has 0 spiro atoms. The van der Waals surface area contributed by atoms with Crippen LogP contribution < -0.4 is 4.72 Å². The minimum Gasteiger partial charge on any atom is -0.310 e. The maximum Gasteiger partial charge on any atom is 0.141 e. The first-order valence-corrected chi connectivity index (χ1v) is 8.65. The van der Waals surface area contributed by atoms with Crippen LogP contribution in [0.1, 0.15) is 11.3 Å². The zero-order valence-electron chi connectivity index (χ0n) is 13.3. The van der Waals surface area contributed by atoms with Gasteiger partial charge < -0.3 is 4.72 Å². The molecular formula is C19H16ClFN2S. The molecule has 0 aliphatic carbocycles. The predicted octanol–water partition coefficient (Wildman–Crippen LogP) is 6.28. The van der Waals surface area contributed by atoms with Gasteiger partial charge in [0, 0.05) is 10.6 Å². The van der Waals surface area contributed by atoms with Gasteiger partial charge in [0.25, 0.3) is 0 Å². The monoisotopic (exact) mass is 358 g/mol. The summed E-state index contributed by atoms with van der Waals surface area (Å²) in [6.07, 6.45) is 0. The van der Waals surface area contributed by atoms with Crippen molar-refractivity contribution in [2.75, 3.05) is 4.72 Å². The third kappa shape index (κ3) is 3.89. The fourth-order valence-corrected chi connectivity index (χ4v) is 3.29. The van der Waals surface area contributed by atoms with Crippen molar-refractivity contribution >= 4 is 29.4 Å². The lowest BCUT2D eigenvalue weighted by molar-refractivity contribution is 0.628. The summed E-state index contributed by atoms with van der Waals surface area (Å²) in [6.45, 7) is 3.99. The Morgan fingerprint density at radius 1 is 1.04 bits per heavy atom. The van der Waals surface area contributed by atoms with E-state index in [0.29, 0.717) is 0 Å². The Bertz CT molecular complexity index is 883. The van der Waals surface area contributed by atoms with Crippen molar-refractivity contribution < 1.29 is 4.39 Å². The minimum atomic E-state index is -0.403. The maximum absolute atomic E-state index is 13.3. The number of rotatable bonds is 4. The molecular weight excluding hydrogens is 343 g/mol. The van der Waals surface area contributed by atoms with Gasteiger partial charge in [-0.3, -0.25) is 0 Å². The van der Waals surface area contributed by atoms with E-state index < -0.39 is 5.82 Å². The van der Waals surface area contributed by atoms with Crippen LogP contribution in [0.25, 0.3) is 11.1 Å². The van der Waals surface area contributed by atoms with E-state index in [2.05, 4.69) is 15.8 Å². The molecule has 1 N–H and O–H groups in total. The summed E-state index contributed by atoms with van der Waals surface area (Å²) in [6, 6.07) is 16.8. The summed E-state index contributed by atoms with van der Waals surface area (Å²) in [5.74, 6) is 0.423. The molecule has 0 unspecified atom stereocenters. The van der Waals surface area contributed by atoms with Gasteiger partial charge in [0.1, 0.15) is 11.6 Å². The standard InChI is InChI=1S/C19H16ClFN2S/c1-12-10-15(24-23-19-5-3-4-13(2)22-19)7-8-16(12)14-6-9-18(21)17(20)11-14/h3-11H,1-2H3,(H,22,23). The molecule has 0 saturated heterocycles. The first kappa shape index (κ1) is 16.8. The molecule has 3 rings (SSSR count). The smallest absolute Gasteiger partial charge is 0.141 e. The van der Waals surface area contributed by atoms with E-state index in [1.165, 1.54) is 18.0 Å². The van der Waals surface area contributed by atoms with E-state index in [4.69, 9.17) is 11.6 Å². The lowest BCUT2D eigenvalue weighted by Crippen LogP contribution is -1.92. The average molecular weight is 359 g/mol. The van der Waals surface area contributed by atoms with Gasteiger partial charge in [-0.25, -0.2) is 9.37 Å². The van der Waals surface area contributed by atoms with Gasteiger partial charge in [0.2, 0.25) is 0 Å².